The molecule has 5 rings (SSSR count). The van der Waals surface area contributed by atoms with E-state index >= 15 is 0 Å². The molecule has 0 spiro atoms. The van der Waals surface area contributed by atoms with E-state index in [1.807, 2.05) is 0 Å². The fourth-order valence-corrected chi connectivity index (χ4v) is 5.69. The van der Waals surface area contributed by atoms with Gasteiger partial charge < -0.3 is 10.6 Å². The van der Waals surface area contributed by atoms with Crippen LogP contribution < -0.4 is 10.6 Å². The molecule has 0 unspecified atom stereocenters. The SMILES string of the molecule is C1CN=C(NCCC23CC4CC(CC(C4)C2)C3)NC1.I. The minimum Gasteiger partial charge on any atom is -0.356 e. The molecular formula is C16H28IN3. The van der Waals surface area contributed by atoms with Crippen molar-refractivity contribution in [1.82, 2.24) is 10.6 Å². The van der Waals surface area contributed by atoms with Gasteiger partial charge in [0.1, 0.15) is 0 Å². The largest absolute Gasteiger partial charge is 0.356 e. The van der Waals surface area contributed by atoms with Gasteiger partial charge in [0.2, 0.25) is 0 Å². The van der Waals surface area contributed by atoms with Crippen molar-refractivity contribution in [2.24, 2.45) is 28.2 Å². The molecule has 4 heteroatoms. The van der Waals surface area contributed by atoms with Gasteiger partial charge in [-0.2, -0.15) is 0 Å². The summed E-state index contributed by atoms with van der Waals surface area (Å²) in [6.07, 6.45) is 11.8. The maximum absolute atomic E-state index is 4.51. The van der Waals surface area contributed by atoms with E-state index in [9.17, 15) is 0 Å². The Hall–Kier alpha value is 0. The van der Waals surface area contributed by atoms with E-state index < -0.39 is 0 Å². The number of nitrogens with zero attached hydrogens (tertiary/aromatic N) is 1. The second-order valence-corrected chi connectivity index (χ2v) is 7.60. The van der Waals surface area contributed by atoms with Crippen LogP contribution in [-0.4, -0.2) is 25.6 Å². The van der Waals surface area contributed by atoms with Gasteiger partial charge >= 0.3 is 0 Å². The molecule has 4 bridgehead atoms. The quantitative estimate of drug-likeness (QED) is 0.728. The zero-order chi connectivity index (χ0) is 12.7. The number of aliphatic imine (C=N–C) groups is 1. The molecule has 5 aliphatic rings. The fourth-order valence-electron chi connectivity index (χ4n) is 5.69. The molecular weight excluding hydrogens is 361 g/mol. The average Bonchev–Trinajstić information content (AvgIpc) is 2.38. The first-order valence-electron chi connectivity index (χ1n) is 8.34. The summed E-state index contributed by atoms with van der Waals surface area (Å²) in [6, 6.07) is 0. The highest BCUT2D eigenvalue weighted by Crippen LogP contribution is 2.61. The van der Waals surface area contributed by atoms with E-state index in [4.69, 9.17) is 0 Å². The van der Waals surface area contributed by atoms with Crippen LogP contribution in [0.15, 0.2) is 4.99 Å². The predicted molar refractivity (Wildman–Crippen MR) is 93.6 cm³/mol. The van der Waals surface area contributed by atoms with Crippen LogP contribution in [-0.2, 0) is 0 Å². The highest BCUT2D eigenvalue weighted by Gasteiger charge is 2.50. The van der Waals surface area contributed by atoms with Crippen LogP contribution in [0.1, 0.15) is 51.4 Å². The Morgan fingerprint density at radius 1 is 1.10 bits per heavy atom. The third kappa shape index (κ3) is 2.95. The lowest BCUT2D eigenvalue weighted by molar-refractivity contribution is -0.0562. The molecule has 0 amide bonds. The molecule has 2 N–H and O–H groups in total. The van der Waals surface area contributed by atoms with Crippen LogP contribution in [0.3, 0.4) is 0 Å². The second-order valence-electron chi connectivity index (χ2n) is 7.60. The minimum absolute atomic E-state index is 0. The number of guanidine groups is 1. The number of halogens is 1. The normalized spacial score (nSPS) is 41.6. The van der Waals surface area contributed by atoms with Crippen molar-refractivity contribution in [3.63, 3.8) is 0 Å². The standard InChI is InChI=1S/C16H27N3.HI/c1-3-17-15(18-4-1)19-5-2-16-9-12-6-13(10-16)8-14(7-12)11-16;/h12-14H,1-11H2,(H2,17,18,19);1H. The lowest BCUT2D eigenvalue weighted by Crippen LogP contribution is -2.48. The van der Waals surface area contributed by atoms with E-state index in [1.54, 1.807) is 19.3 Å². The minimum atomic E-state index is 0. The van der Waals surface area contributed by atoms with Crippen LogP contribution in [0.4, 0.5) is 0 Å². The van der Waals surface area contributed by atoms with Crippen LogP contribution in [0, 0.1) is 23.2 Å². The zero-order valence-electron chi connectivity index (χ0n) is 12.4. The monoisotopic (exact) mass is 389 g/mol. The van der Waals surface area contributed by atoms with E-state index in [-0.39, 0.29) is 24.0 Å². The van der Waals surface area contributed by atoms with Crippen LogP contribution >= 0.6 is 24.0 Å². The summed E-state index contributed by atoms with van der Waals surface area (Å²) < 4.78 is 0. The summed E-state index contributed by atoms with van der Waals surface area (Å²) in [5, 5.41) is 6.90. The highest BCUT2D eigenvalue weighted by molar-refractivity contribution is 14.0. The summed E-state index contributed by atoms with van der Waals surface area (Å²) in [5.74, 6) is 4.29. The molecule has 1 heterocycles. The molecule has 0 aromatic heterocycles. The first-order valence-corrected chi connectivity index (χ1v) is 8.34. The topological polar surface area (TPSA) is 36.4 Å². The third-order valence-electron chi connectivity index (χ3n) is 6.01. The van der Waals surface area contributed by atoms with E-state index in [0.29, 0.717) is 5.41 Å². The fraction of sp³-hybridized carbons (Fsp3) is 0.938. The van der Waals surface area contributed by atoms with Gasteiger partial charge in [0, 0.05) is 19.6 Å². The molecule has 0 saturated heterocycles. The summed E-state index contributed by atoms with van der Waals surface area (Å²) >= 11 is 0. The Morgan fingerprint density at radius 2 is 1.75 bits per heavy atom. The summed E-state index contributed by atoms with van der Waals surface area (Å²) in [5.41, 5.74) is 0.705. The maximum Gasteiger partial charge on any atom is 0.191 e. The first kappa shape index (κ1) is 14.9. The van der Waals surface area contributed by atoms with Gasteiger partial charge in [-0.25, -0.2) is 0 Å². The van der Waals surface area contributed by atoms with Crippen LogP contribution in [0.2, 0.25) is 0 Å². The Labute approximate surface area is 139 Å². The van der Waals surface area contributed by atoms with Gasteiger partial charge in [-0.15, -0.1) is 24.0 Å². The Kier molecular flexibility index (Phi) is 4.48. The number of nitrogens with one attached hydrogen (secondary N) is 2. The van der Waals surface area contributed by atoms with Gasteiger partial charge in [-0.05, 0) is 74.5 Å². The molecule has 1 aliphatic heterocycles. The van der Waals surface area contributed by atoms with Crippen molar-refractivity contribution in [2.75, 3.05) is 19.6 Å². The van der Waals surface area contributed by atoms with E-state index in [1.165, 1.54) is 32.1 Å². The third-order valence-corrected chi connectivity index (χ3v) is 6.01. The number of hydrogen-bond donors (Lipinski definition) is 2. The van der Waals surface area contributed by atoms with Gasteiger partial charge in [0.15, 0.2) is 5.96 Å². The maximum atomic E-state index is 4.51. The molecule has 4 fully saturated rings. The second kappa shape index (κ2) is 6.01. The first-order chi connectivity index (χ1) is 9.31. The van der Waals surface area contributed by atoms with Crippen LogP contribution in [0.5, 0.6) is 0 Å². The molecule has 0 aromatic carbocycles. The summed E-state index contributed by atoms with van der Waals surface area (Å²) in [7, 11) is 0. The Bertz CT molecular complexity index is 345. The molecule has 0 aromatic rings. The smallest absolute Gasteiger partial charge is 0.191 e. The van der Waals surface area contributed by atoms with Gasteiger partial charge in [0.05, 0.1) is 0 Å². The molecule has 20 heavy (non-hydrogen) atoms. The highest BCUT2D eigenvalue weighted by atomic mass is 127. The molecule has 4 saturated carbocycles. The van der Waals surface area contributed by atoms with E-state index in [0.717, 1.165) is 43.3 Å². The molecule has 114 valence electrons. The predicted octanol–water partition coefficient (Wildman–Crippen LogP) is 3.15. The van der Waals surface area contributed by atoms with Crippen molar-refractivity contribution in [3.05, 3.63) is 0 Å². The number of rotatable bonds is 3. The molecule has 0 atom stereocenters. The summed E-state index contributed by atoms with van der Waals surface area (Å²) in [4.78, 5) is 4.51. The van der Waals surface area contributed by atoms with Gasteiger partial charge in [-0.3, -0.25) is 4.99 Å². The Balaban J connectivity index is 0.00000121. The molecule has 4 aliphatic carbocycles. The van der Waals surface area contributed by atoms with Gasteiger partial charge in [0.25, 0.3) is 0 Å². The summed E-state index contributed by atoms with van der Waals surface area (Å²) in [6.45, 7) is 3.20. The van der Waals surface area contributed by atoms with Crippen molar-refractivity contribution in [2.45, 2.75) is 51.4 Å². The zero-order valence-corrected chi connectivity index (χ0v) is 14.7. The van der Waals surface area contributed by atoms with Crippen molar-refractivity contribution < 1.29 is 0 Å². The van der Waals surface area contributed by atoms with Crippen molar-refractivity contribution in [1.29, 1.82) is 0 Å². The molecule has 0 radical (unpaired) electrons. The molecule has 3 nitrogen and oxygen atoms in total. The lowest BCUT2D eigenvalue weighted by atomic mass is 9.49. The van der Waals surface area contributed by atoms with Gasteiger partial charge in [-0.1, -0.05) is 0 Å². The lowest BCUT2D eigenvalue weighted by Gasteiger charge is -2.57. The average molecular weight is 389 g/mol. The number of hydrogen-bond acceptors (Lipinski definition) is 3. The Morgan fingerprint density at radius 3 is 2.30 bits per heavy atom. The van der Waals surface area contributed by atoms with E-state index in [2.05, 4.69) is 15.6 Å². The van der Waals surface area contributed by atoms with Crippen molar-refractivity contribution >= 4 is 29.9 Å². The van der Waals surface area contributed by atoms with Crippen molar-refractivity contribution in [3.8, 4) is 0 Å². The van der Waals surface area contributed by atoms with Crippen LogP contribution in [0.25, 0.3) is 0 Å².